The highest BCUT2D eigenvalue weighted by molar-refractivity contribution is 6.02. The Hall–Kier alpha value is -2.74. The van der Waals surface area contributed by atoms with Crippen molar-refractivity contribution >= 4 is 11.7 Å². The highest BCUT2D eigenvalue weighted by atomic mass is 16.1. The number of carbonyl (C=O) groups is 1. The van der Waals surface area contributed by atoms with E-state index in [0.29, 0.717) is 5.56 Å². The Morgan fingerprint density at radius 2 is 2.00 bits per heavy atom. The summed E-state index contributed by atoms with van der Waals surface area (Å²) in [6.07, 6.45) is 3.04. The maximum Gasteiger partial charge on any atom is 0.275 e. The SMILES string of the molecule is N#Cc1cccnc1NC(=O)c1ccccn1. The van der Waals surface area contributed by atoms with Gasteiger partial charge in [-0.1, -0.05) is 6.07 Å². The average Bonchev–Trinajstić information content (AvgIpc) is 2.40. The van der Waals surface area contributed by atoms with Gasteiger partial charge in [-0.2, -0.15) is 5.26 Å². The van der Waals surface area contributed by atoms with E-state index in [4.69, 9.17) is 5.26 Å². The van der Waals surface area contributed by atoms with Gasteiger partial charge < -0.3 is 5.32 Å². The van der Waals surface area contributed by atoms with Crippen LogP contribution in [0.2, 0.25) is 0 Å². The molecule has 5 nitrogen and oxygen atoms in total. The topological polar surface area (TPSA) is 78.7 Å². The molecule has 2 rings (SSSR count). The summed E-state index contributed by atoms with van der Waals surface area (Å²) >= 11 is 0. The third kappa shape index (κ3) is 2.44. The van der Waals surface area contributed by atoms with Crippen LogP contribution in [0.4, 0.5) is 5.82 Å². The first-order valence-corrected chi connectivity index (χ1v) is 4.89. The van der Waals surface area contributed by atoms with Crippen LogP contribution >= 0.6 is 0 Å². The summed E-state index contributed by atoms with van der Waals surface area (Å²) in [5, 5.41) is 11.4. The Balaban J connectivity index is 2.23. The summed E-state index contributed by atoms with van der Waals surface area (Å²) in [5.41, 5.74) is 0.596. The van der Waals surface area contributed by atoms with Crippen molar-refractivity contribution in [3.63, 3.8) is 0 Å². The fourth-order valence-electron chi connectivity index (χ4n) is 1.26. The van der Waals surface area contributed by atoms with E-state index in [1.54, 1.807) is 30.3 Å². The van der Waals surface area contributed by atoms with Crippen molar-refractivity contribution in [2.45, 2.75) is 0 Å². The van der Waals surface area contributed by atoms with Gasteiger partial charge in [0, 0.05) is 12.4 Å². The first-order chi connectivity index (χ1) is 8.31. The number of aromatic nitrogens is 2. The number of nitrogens with one attached hydrogen (secondary N) is 1. The number of anilines is 1. The highest BCUT2D eigenvalue weighted by Crippen LogP contribution is 2.10. The normalized spacial score (nSPS) is 9.35. The molecule has 1 amide bonds. The summed E-state index contributed by atoms with van der Waals surface area (Å²) in [5.74, 6) is -0.147. The molecule has 2 aromatic heterocycles. The molecule has 0 aliphatic carbocycles. The Morgan fingerprint density at radius 1 is 1.18 bits per heavy atom. The second-order valence-corrected chi connectivity index (χ2v) is 3.18. The molecule has 1 N–H and O–H groups in total. The molecule has 0 unspecified atom stereocenters. The number of hydrogen-bond donors (Lipinski definition) is 1. The molecule has 0 bridgehead atoms. The number of pyridine rings is 2. The number of carbonyl (C=O) groups excluding carboxylic acids is 1. The van der Waals surface area contributed by atoms with Crippen molar-refractivity contribution in [2.24, 2.45) is 0 Å². The van der Waals surface area contributed by atoms with E-state index in [2.05, 4.69) is 15.3 Å². The summed E-state index contributed by atoms with van der Waals surface area (Å²) in [6, 6.07) is 10.2. The van der Waals surface area contributed by atoms with Gasteiger partial charge in [-0.05, 0) is 24.3 Å². The molecule has 82 valence electrons. The molecule has 5 heteroatoms. The van der Waals surface area contributed by atoms with Crippen LogP contribution in [0.3, 0.4) is 0 Å². The van der Waals surface area contributed by atoms with Crippen LogP contribution in [0.15, 0.2) is 42.7 Å². The standard InChI is InChI=1S/C12H8N4O/c13-8-9-4-3-7-15-11(9)16-12(17)10-5-1-2-6-14-10/h1-7H,(H,15,16,17). The molecule has 2 aromatic rings. The van der Waals surface area contributed by atoms with Crippen molar-refractivity contribution in [1.82, 2.24) is 9.97 Å². The van der Waals surface area contributed by atoms with Crippen molar-refractivity contribution in [3.8, 4) is 6.07 Å². The van der Waals surface area contributed by atoms with Crippen molar-refractivity contribution in [1.29, 1.82) is 5.26 Å². The van der Waals surface area contributed by atoms with Gasteiger partial charge in [-0.3, -0.25) is 9.78 Å². The predicted octanol–water partition coefficient (Wildman–Crippen LogP) is 1.60. The molecular weight excluding hydrogens is 216 g/mol. The van der Waals surface area contributed by atoms with Crippen LogP contribution in [0, 0.1) is 11.3 Å². The van der Waals surface area contributed by atoms with Crippen LogP contribution in [0.5, 0.6) is 0 Å². The molecule has 0 spiro atoms. The van der Waals surface area contributed by atoms with Crippen LogP contribution in [-0.4, -0.2) is 15.9 Å². The number of nitriles is 1. The summed E-state index contributed by atoms with van der Waals surface area (Å²) in [7, 11) is 0. The number of amides is 1. The van der Waals surface area contributed by atoms with Crippen molar-refractivity contribution in [3.05, 3.63) is 54.0 Å². The van der Waals surface area contributed by atoms with Gasteiger partial charge in [-0.25, -0.2) is 4.98 Å². The minimum atomic E-state index is -0.388. The van der Waals surface area contributed by atoms with Crippen molar-refractivity contribution < 1.29 is 4.79 Å². The zero-order valence-electron chi connectivity index (χ0n) is 8.79. The predicted molar refractivity (Wildman–Crippen MR) is 61.1 cm³/mol. The van der Waals surface area contributed by atoms with E-state index in [0.717, 1.165) is 0 Å². The maximum atomic E-state index is 11.8. The molecule has 2 heterocycles. The molecule has 0 radical (unpaired) electrons. The van der Waals surface area contributed by atoms with Gasteiger partial charge in [-0.15, -0.1) is 0 Å². The minimum Gasteiger partial charge on any atom is -0.304 e. The number of hydrogen-bond acceptors (Lipinski definition) is 4. The Bertz CT molecular complexity index is 575. The van der Waals surface area contributed by atoms with Crippen LogP contribution < -0.4 is 5.32 Å². The first-order valence-electron chi connectivity index (χ1n) is 4.89. The van der Waals surface area contributed by atoms with Crippen molar-refractivity contribution in [2.75, 3.05) is 5.32 Å². The van der Waals surface area contributed by atoms with Gasteiger partial charge in [0.25, 0.3) is 5.91 Å². The first kappa shape index (κ1) is 10.8. The lowest BCUT2D eigenvalue weighted by Gasteiger charge is -2.04. The highest BCUT2D eigenvalue weighted by Gasteiger charge is 2.10. The summed E-state index contributed by atoms with van der Waals surface area (Å²) in [6.45, 7) is 0. The largest absolute Gasteiger partial charge is 0.304 e. The molecule has 17 heavy (non-hydrogen) atoms. The van der Waals surface area contributed by atoms with E-state index in [9.17, 15) is 4.79 Å². The quantitative estimate of drug-likeness (QED) is 0.840. The summed E-state index contributed by atoms with van der Waals surface area (Å²) in [4.78, 5) is 19.6. The van der Waals surface area contributed by atoms with E-state index >= 15 is 0 Å². The Kier molecular flexibility index (Phi) is 3.08. The molecule has 0 aliphatic rings. The molecule has 0 aromatic carbocycles. The van der Waals surface area contributed by atoms with Gasteiger partial charge in [0.2, 0.25) is 0 Å². The van der Waals surface area contributed by atoms with E-state index in [-0.39, 0.29) is 17.4 Å². The van der Waals surface area contributed by atoms with Crippen LogP contribution in [0.25, 0.3) is 0 Å². The molecule has 0 atom stereocenters. The fourth-order valence-corrected chi connectivity index (χ4v) is 1.26. The monoisotopic (exact) mass is 224 g/mol. The zero-order valence-corrected chi connectivity index (χ0v) is 8.79. The number of nitrogens with zero attached hydrogens (tertiary/aromatic N) is 3. The number of rotatable bonds is 2. The third-order valence-corrected chi connectivity index (χ3v) is 2.06. The van der Waals surface area contributed by atoms with Crippen LogP contribution in [0.1, 0.15) is 16.1 Å². The van der Waals surface area contributed by atoms with E-state index in [1.165, 1.54) is 12.4 Å². The van der Waals surface area contributed by atoms with Gasteiger partial charge in [0.15, 0.2) is 5.82 Å². The second kappa shape index (κ2) is 4.86. The molecular formula is C12H8N4O. The lowest BCUT2D eigenvalue weighted by Crippen LogP contribution is -2.15. The molecule has 0 fully saturated rings. The molecule has 0 aliphatic heterocycles. The zero-order chi connectivity index (χ0) is 12.1. The maximum absolute atomic E-state index is 11.8. The lowest BCUT2D eigenvalue weighted by molar-refractivity contribution is 0.102. The summed E-state index contributed by atoms with van der Waals surface area (Å²) < 4.78 is 0. The van der Waals surface area contributed by atoms with E-state index in [1.807, 2.05) is 6.07 Å². The van der Waals surface area contributed by atoms with Crippen LogP contribution in [-0.2, 0) is 0 Å². The Morgan fingerprint density at radius 3 is 2.71 bits per heavy atom. The minimum absolute atomic E-state index is 0.241. The molecule has 0 saturated carbocycles. The average molecular weight is 224 g/mol. The molecule has 0 saturated heterocycles. The fraction of sp³-hybridized carbons (Fsp3) is 0. The smallest absolute Gasteiger partial charge is 0.275 e. The lowest BCUT2D eigenvalue weighted by atomic mass is 10.2. The third-order valence-electron chi connectivity index (χ3n) is 2.06. The second-order valence-electron chi connectivity index (χ2n) is 3.18. The van der Waals surface area contributed by atoms with E-state index < -0.39 is 0 Å². The van der Waals surface area contributed by atoms with Gasteiger partial charge >= 0.3 is 0 Å². The van der Waals surface area contributed by atoms with Gasteiger partial charge in [0.1, 0.15) is 11.8 Å². The Labute approximate surface area is 97.8 Å². The van der Waals surface area contributed by atoms with Gasteiger partial charge in [0.05, 0.1) is 5.56 Å².